The van der Waals surface area contributed by atoms with Crippen molar-refractivity contribution in [1.29, 1.82) is 5.26 Å². The number of hydrogen-bond donors (Lipinski definition) is 1. The van der Waals surface area contributed by atoms with E-state index in [4.69, 9.17) is 0 Å². The fraction of sp³-hybridized carbons (Fsp3) is 0.588. The summed E-state index contributed by atoms with van der Waals surface area (Å²) in [6.45, 7) is 4.26. The van der Waals surface area contributed by atoms with Crippen LogP contribution in [0.15, 0.2) is 18.2 Å². The van der Waals surface area contributed by atoms with Crippen LogP contribution in [0.25, 0.3) is 0 Å². The van der Waals surface area contributed by atoms with E-state index in [1.54, 1.807) is 0 Å². The van der Waals surface area contributed by atoms with Crippen molar-refractivity contribution in [2.24, 2.45) is 0 Å². The lowest BCUT2D eigenvalue weighted by Crippen LogP contribution is -2.36. The summed E-state index contributed by atoms with van der Waals surface area (Å²) in [6, 6.07) is 9.78. The Morgan fingerprint density at radius 3 is 3.05 bits per heavy atom. The standard InChI is InChI=1S/C17H23N3/c1-13-4-7-17-14(11-13)3-2-9-20(17)10-8-16(12-18)19-15-5-6-15/h4,7,11,15-16,19H,2-3,5-6,8-10H2,1H3. The third-order valence-electron chi connectivity index (χ3n) is 4.31. The SMILES string of the molecule is Cc1ccc2c(c1)CCCN2CCC(C#N)NC1CC1. The molecule has 1 N–H and O–H groups in total. The van der Waals surface area contributed by atoms with Crippen molar-refractivity contribution in [3.63, 3.8) is 0 Å². The first kappa shape index (κ1) is 13.5. The predicted molar refractivity (Wildman–Crippen MR) is 81.9 cm³/mol. The van der Waals surface area contributed by atoms with Crippen LogP contribution in [0.4, 0.5) is 5.69 Å². The van der Waals surface area contributed by atoms with Crippen LogP contribution in [0.5, 0.6) is 0 Å². The van der Waals surface area contributed by atoms with E-state index < -0.39 is 0 Å². The molecule has 20 heavy (non-hydrogen) atoms. The maximum atomic E-state index is 9.23. The highest BCUT2D eigenvalue weighted by Crippen LogP contribution is 2.28. The zero-order valence-corrected chi connectivity index (χ0v) is 12.2. The second-order valence-corrected chi connectivity index (χ2v) is 6.13. The van der Waals surface area contributed by atoms with Gasteiger partial charge in [0.25, 0.3) is 0 Å². The summed E-state index contributed by atoms with van der Waals surface area (Å²) in [5, 5.41) is 12.7. The van der Waals surface area contributed by atoms with E-state index in [2.05, 4.69) is 41.4 Å². The van der Waals surface area contributed by atoms with Crippen LogP contribution in [0.3, 0.4) is 0 Å². The van der Waals surface area contributed by atoms with Crippen LogP contribution in [-0.2, 0) is 6.42 Å². The zero-order chi connectivity index (χ0) is 13.9. The zero-order valence-electron chi connectivity index (χ0n) is 12.2. The predicted octanol–water partition coefficient (Wildman–Crippen LogP) is 2.78. The molecule has 0 amide bonds. The minimum Gasteiger partial charge on any atom is -0.371 e. The van der Waals surface area contributed by atoms with Gasteiger partial charge in [-0.1, -0.05) is 17.7 Å². The topological polar surface area (TPSA) is 39.1 Å². The maximum Gasteiger partial charge on any atom is 0.0972 e. The summed E-state index contributed by atoms with van der Waals surface area (Å²) in [6.07, 6.45) is 5.81. The largest absolute Gasteiger partial charge is 0.371 e. The van der Waals surface area contributed by atoms with Crippen molar-refractivity contribution in [2.75, 3.05) is 18.0 Å². The molecule has 3 nitrogen and oxygen atoms in total. The van der Waals surface area contributed by atoms with Gasteiger partial charge in [-0.05, 0) is 50.7 Å². The maximum absolute atomic E-state index is 9.23. The minimum atomic E-state index is 0.0123. The molecule has 0 saturated heterocycles. The van der Waals surface area contributed by atoms with Gasteiger partial charge in [0, 0.05) is 24.8 Å². The molecule has 1 aliphatic carbocycles. The molecule has 1 heterocycles. The van der Waals surface area contributed by atoms with Gasteiger partial charge < -0.3 is 4.90 Å². The highest BCUT2D eigenvalue weighted by molar-refractivity contribution is 5.56. The summed E-state index contributed by atoms with van der Waals surface area (Å²) in [7, 11) is 0. The van der Waals surface area contributed by atoms with Gasteiger partial charge >= 0.3 is 0 Å². The number of nitriles is 1. The summed E-state index contributed by atoms with van der Waals surface area (Å²) < 4.78 is 0. The Morgan fingerprint density at radius 2 is 2.30 bits per heavy atom. The van der Waals surface area contributed by atoms with Crippen molar-refractivity contribution < 1.29 is 0 Å². The third kappa shape index (κ3) is 3.13. The van der Waals surface area contributed by atoms with Crippen LogP contribution < -0.4 is 10.2 Å². The van der Waals surface area contributed by atoms with E-state index >= 15 is 0 Å². The molecule has 1 aromatic rings. The summed E-state index contributed by atoms with van der Waals surface area (Å²) in [5.74, 6) is 0. The monoisotopic (exact) mass is 269 g/mol. The summed E-state index contributed by atoms with van der Waals surface area (Å²) in [5.41, 5.74) is 4.20. The lowest BCUT2D eigenvalue weighted by Gasteiger charge is -2.32. The van der Waals surface area contributed by atoms with Crippen LogP contribution in [-0.4, -0.2) is 25.2 Å². The number of hydrogen-bond acceptors (Lipinski definition) is 3. The first-order valence-corrected chi connectivity index (χ1v) is 7.76. The van der Waals surface area contributed by atoms with E-state index in [1.165, 1.54) is 42.5 Å². The average molecular weight is 269 g/mol. The molecule has 1 fully saturated rings. The normalized spacial score (nSPS) is 19.3. The van der Waals surface area contributed by atoms with E-state index in [0.29, 0.717) is 6.04 Å². The van der Waals surface area contributed by atoms with Crippen molar-refractivity contribution in [3.8, 4) is 6.07 Å². The molecule has 0 radical (unpaired) electrons. The van der Waals surface area contributed by atoms with Gasteiger partial charge in [-0.2, -0.15) is 5.26 Å². The molecule has 1 atom stereocenters. The molecule has 106 valence electrons. The molecule has 1 aromatic carbocycles. The van der Waals surface area contributed by atoms with Crippen LogP contribution in [0, 0.1) is 18.3 Å². The van der Waals surface area contributed by atoms with Gasteiger partial charge in [0.1, 0.15) is 0 Å². The number of benzene rings is 1. The number of nitrogens with one attached hydrogen (secondary N) is 1. The van der Waals surface area contributed by atoms with Crippen molar-refractivity contribution >= 4 is 5.69 Å². The number of anilines is 1. The Bertz CT molecular complexity index is 513. The lowest BCUT2D eigenvalue weighted by molar-refractivity contribution is 0.547. The quantitative estimate of drug-likeness (QED) is 0.893. The molecule has 3 rings (SSSR count). The highest BCUT2D eigenvalue weighted by Gasteiger charge is 2.25. The second kappa shape index (κ2) is 5.85. The Hall–Kier alpha value is -1.53. The Morgan fingerprint density at radius 1 is 1.45 bits per heavy atom. The van der Waals surface area contributed by atoms with Gasteiger partial charge in [-0.15, -0.1) is 0 Å². The van der Waals surface area contributed by atoms with Gasteiger partial charge in [-0.3, -0.25) is 5.32 Å². The molecule has 0 spiro atoms. The van der Waals surface area contributed by atoms with Gasteiger partial charge in [0.05, 0.1) is 12.1 Å². The number of rotatable bonds is 5. The van der Waals surface area contributed by atoms with Crippen LogP contribution in [0.2, 0.25) is 0 Å². The highest BCUT2D eigenvalue weighted by atomic mass is 15.1. The molecule has 0 bridgehead atoms. The first-order chi connectivity index (χ1) is 9.76. The number of fused-ring (bicyclic) bond motifs is 1. The van der Waals surface area contributed by atoms with E-state index in [0.717, 1.165) is 19.5 Å². The van der Waals surface area contributed by atoms with Crippen LogP contribution in [0.1, 0.15) is 36.8 Å². The lowest BCUT2D eigenvalue weighted by atomic mass is 9.99. The molecule has 1 saturated carbocycles. The first-order valence-electron chi connectivity index (χ1n) is 7.76. The summed E-state index contributed by atoms with van der Waals surface area (Å²) >= 11 is 0. The smallest absolute Gasteiger partial charge is 0.0972 e. The van der Waals surface area contributed by atoms with Gasteiger partial charge in [-0.25, -0.2) is 0 Å². The molecule has 2 aliphatic rings. The molecule has 1 aliphatic heterocycles. The average Bonchev–Trinajstić information content (AvgIpc) is 3.27. The van der Waals surface area contributed by atoms with Crippen molar-refractivity contribution in [3.05, 3.63) is 29.3 Å². The number of nitrogens with zero attached hydrogens (tertiary/aromatic N) is 2. The Kier molecular flexibility index (Phi) is 3.93. The molecule has 1 unspecified atom stereocenters. The third-order valence-corrected chi connectivity index (χ3v) is 4.31. The van der Waals surface area contributed by atoms with Gasteiger partial charge in [0.2, 0.25) is 0 Å². The van der Waals surface area contributed by atoms with E-state index in [1.807, 2.05) is 0 Å². The fourth-order valence-electron chi connectivity index (χ4n) is 3.04. The fourth-order valence-corrected chi connectivity index (χ4v) is 3.04. The summed E-state index contributed by atoms with van der Waals surface area (Å²) in [4.78, 5) is 2.46. The van der Waals surface area contributed by atoms with Crippen molar-refractivity contribution in [1.82, 2.24) is 5.32 Å². The molecular weight excluding hydrogens is 246 g/mol. The minimum absolute atomic E-state index is 0.0123. The number of aryl methyl sites for hydroxylation is 2. The van der Waals surface area contributed by atoms with Crippen molar-refractivity contribution in [2.45, 2.75) is 51.1 Å². The molecule has 3 heteroatoms. The molecular formula is C17H23N3. The van der Waals surface area contributed by atoms with Gasteiger partial charge in [0.15, 0.2) is 0 Å². The Balaban J connectivity index is 1.62. The second-order valence-electron chi connectivity index (χ2n) is 6.13. The van der Waals surface area contributed by atoms with Crippen LogP contribution >= 0.6 is 0 Å². The van der Waals surface area contributed by atoms with E-state index in [9.17, 15) is 5.26 Å². The Labute approximate surface area is 121 Å². The molecule has 0 aromatic heterocycles. The van der Waals surface area contributed by atoms with E-state index in [-0.39, 0.29) is 6.04 Å².